The van der Waals surface area contributed by atoms with Crippen LogP contribution >= 0.6 is 15.9 Å². The highest BCUT2D eigenvalue weighted by Crippen LogP contribution is 2.15. The maximum Gasteiger partial charge on any atom is 0.269 e. The lowest BCUT2D eigenvalue weighted by Gasteiger charge is -2.11. The normalized spacial score (nSPS) is 10.0. The Morgan fingerprint density at radius 1 is 1.00 bits per heavy atom. The molecule has 0 fully saturated rings. The van der Waals surface area contributed by atoms with Gasteiger partial charge in [0.25, 0.3) is 11.8 Å². The van der Waals surface area contributed by atoms with Crippen LogP contribution in [-0.4, -0.2) is 18.4 Å². The van der Waals surface area contributed by atoms with E-state index in [0.29, 0.717) is 5.56 Å². The molecule has 0 heterocycles. The van der Waals surface area contributed by atoms with Gasteiger partial charge in [0, 0.05) is 15.7 Å². The molecule has 0 saturated heterocycles. The van der Waals surface area contributed by atoms with Crippen LogP contribution < -0.4 is 16.2 Å². The molecule has 0 saturated carbocycles. The van der Waals surface area contributed by atoms with Gasteiger partial charge in [0.15, 0.2) is 0 Å². The fraction of sp³-hybridized carbons (Fsp3) is 0.176. The Bertz CT molecular complexity index is 714. The number of rotatable bonds is 4. The number of hydrogen-bond acceptors (Lipinski definition) is 3. The minimum Gasteiger partial charge on any atom is -0.376 e. The molecule has 0 aromatic heterocycles. The molecule has 2 aromatic carbocycles. The summed E-state index contributed by atoms with van der Waals surface area (Å²) in [6, 6.07) is 12.8. The van der Waals surface area contributed by atoms with Crippen molar-refractivity contribution >= 4 is 33.4 Å². The van der Waals surface area contributed by atoms with Crippen LogP contribution in [0.5, 0.6) is 0 Å². The van der Waals surface area contributed by atoms with Crippen molar-refractivity contribution in [2.75, 3.05) is 11.9 Å². The van der Waals surface area contributed by atoms with E-state index in [2.05, 4.69) is 32.1 Å². The van der Waals surface area contributed by atoms with Gasteiger partial charge in [-0.2, -0.15) is 0 Å². The number of amides is 2. The molecule has 23 heavy (non-hydrogen) atoms. The summed E-state index contributed by atoms with van der Waals surface area (Å²) >= 11 is 3.30. The molecule has 0 atom stereocenters. The van der Waals surface area contributed by atoms with Crippen molar-refractivity contribution in [1.82, 2.24) is 10.9 Å². The first-order valence-electron chi connectivity index (χ1n) is 7.11. The second-order valence-corrected chi connectivity index (χ2v) is 6.10. The van der Waals surface area contributed by atoms with E-state index in [-0.39, 0.29) is 18.4 Å². The molecule has 0 radical (unpaired) electrons. The number of benzene rings is 2. The average molecular weight is 376 g/mol. The highest BCUT2D eigenvalue weighted by atomic mass is 79.9. The van der Waals surface area contributed by atoms with Crippen LogP contribution in [0.2, 0.25) is 0 Å². The standard InChI is InChI=1S/C17H18BrN3O2/c1-11-3-8-15(12(2)9-11)19-10-16(22)20-21-17(23)13-4-6-14(18)7-5-13/h3-9,19H,10H2,1-2H3,(H,20,22)(H,21,23). The smallest absolute Gasteiger partial charge is 0.269 e. The molecule has 120 valence electrons. The zero-order valence-corrected chi connectivity index (χ0v) is 14.5. The van der Waals surface area contributed by atoms with E-state index in [9.17, 15) is 9.59 Å². The molecule has 2 rings (SSSR count). The molecule has 0 bridgehead atoms. The zero-order valence-electron chi connectivity index (χ0n) is 12.9. The van der Waals surface area contributed by atoms with Crippen LogP contribution in [0.1, 0.15) is 21.5 Å². The molecule has 0 aliphatic heterocycles. The van der Waals surface area contributed by atoms with E-state index in [0.717, 1.165) is 15.7 Å². The molecular formula is C17H18BrN3O2. The Morgan fingerprint density at radius 2 is 1.70 bits per heavy atom. The minimum absolute atomic E-state index is 0.0739. The maximum atomic E-state index is 11.9. The second kappa shape index (κ2) is 7.78. The van der Waals surface area contributed by atoms with Crippen LogP contribution in [0.25, 0.3) is 0 Å². The lowest BCUT2D eigenvalue weighted by molar-refractivity contribution is -0.120. The van der Waals surface area contributed by atoms with Gasteiger partial charge < -0.3 is 5.32 Å². The third-order valence-electron chi connectivity index (χ3n) is 3.24. The molecule has 0 unspecified atom stereocenters. The quantitative estimate of drug-likeness (QED) is 0.719. The second-order valence-electron chi connectivity index (χ2n) is 5.18. The highest BCUT2D eigenvalue weighted by Gasteiger charge is 2.07. The van der Waals surface area contributed by atoms with Gasteiger partial charge in [-0.3, -0.25) is 20.4 Å². The molecule has 2 amide bonds. The molecular weight excluding hydrogens is 358 g/mol. The molecule has 5 nitrogen and oxygen atoms in total. The Kier molecular flexibility index (Phi) is 5.76. The van der Waals surface area contributed by atoms with E-state index in [1.54, 1.807) is 24.3 Å². The van der Waals surface area contributed by atoms with Gasteiger partial charge in [0.2, 0.25) is 0 Å². The number of carbonyl (C=O) groups is 2. The zero-order chi connectivity index (χ0) is 16.8. The van der Waals surface area contributed by atoms with Crippen molar-refractivity contribution < 1.29 is 9.59 Å². The van der Waals surface area contributed by atoms with Crippen molar-refractivity contribution in [3.8, 4) is 0 Å². The Labute approximate surface area is 143 Å². The van der Waals surface area contributed by atoms with Gasteiger partial charge in [-0.1, -0.05) is 33.6 Å². The van der Waals surface area contributed by atoms with Crippen LogP contribution in [-0.2, 0) is 4.79 Å². The van der Waals surface area contributed by atoms with Gasteiger partial charge >= 0.3 is 0 Å². The van der Waals surface area contributed by atoms with E-state index in [1.807, 2.05) is 32.0 Å². The number of halogens is 1. The number of hydrogen-bond donors (Lipinski definition) is 3. The van der Waals surface area contributed by atoms with Crippen molar-refractivity contribution in [2.24, 2.45) is 0 Å². The molecule has 0 aliphatic rings. The van der Waals surface area contributed by atoms with Crippen LogP contribution in [0.4, 0.5) is 5.69 Å². The van der Waals surface area contributed by atoms with Gasteiger partial charge in [0.1, 0.15) is 0 Å². The van der Waals surface area contributed by atoms with Gasteiger partial charge in [0.05, 0.1) is 6.54 Å². The number of carbonyl (C=O) groups excluding carboxylic acids is 2. The fourth-order valence-corrected chi connectivity index (χ4v) is 2.30. The van der Waals surface area contributed by atoms with E-state index in [4.69, 9.17) is 0 Å². The Balaban J connectivity index is 1.81. The average Bonchev–Trinajstić information content (AvgIpc) is 2.52. The third kappa shape index (κ3) is 5.10. The molecule has 3 N–H and O–H groups in total. The molecule has 0 aliphatic carbocycles. The monoisotopic (exact) mass is 375 g/mol. The minimum atomic E-state index is -0.364. The van der Waals surface area contributed by atoms with Gasteiger partial charge in [-0.25, -0.2) is 0 Å². The lowest BCUT2D eigenvalue weighted by Crippen LogP contribution is -2.44. The molecule has 6 heteroatoms. The van der Waals surface area contributed by atoms with E-state index < -0.39 is 0 Å². The highest BCUT2D eigenvalue weighted by molar-refractivity contribution is 9.10. The summed E-state index contributed by atoms with van der Waals surface area (Å²) in [5.74, 6) is -0.687. The predicted molar refractivity (Wildman–Crippen MR) is 94.2 cm³/mol. The van der Waals surface area contributed by atoms with Gasteiger partial charge in [-0.05, 0) is 49.7 Å². The largest absolute Gasteiger partial charge is 0.376 e. The number of nitrogens with one attached hydrogen (secondary N) is 3. The number of hydrazine groups is 1. The molecule has 0 spiro atoms. The van der Waals surface area contributed by atoms with Crippen molar-refractivity contribution in [2.45, 2.75) is 13.8 Å². The van der Waals surface area contributed by atoms with Crippen LogP contribution in [0.3, 0.4) is 0 Å². The van der Waals surface area contributed by atoms with Crippen molar-refractivity contribution in [3.05, 3.63) is 63.6 Å². The summed E-state index contributed by atoms with van der Waals surface area (Å²) in [6.07, 6.45) is 0. The maximum absolute atomic E-state index is 11.9. The summed E-state index contributed by atoms with van der Waals surface area (Å²) < 4.78 is 0.885. The first-order chi connectivity index (χ1) is 11.0. The van der Waals surface area contributed by atoms with E-state index in [1.165, 1.54) is 5.56 Å². The topological polar surface area (TPSA) is 70.2 Å². The Morgan fingerprint density at radius 3 is 2.35 bits per heavy atom. The summed E-state index contributed by atoms with van der Waals surface area (Å²) in [5, 5.41) is 3.04. The van der Waals surface area contributed by atoms with Crippen molar-refractivity contribution in [3.63, 3.8) is 0 Å². The van der Waals surface area contributed by atoms with E-state index >= 15 is 0 Å². The SMILES string of the molecule is Cc1ccc(NCC(=O)NNC(=O)c2ccc(Br)cc2)c(C)c1. The first-order valence-corrected chi connectivity index (χ1v) is 7.91. The lowest BCUT2D eigenvalue weighted by atomic mass is 10.1. The summed E-state index contributed by atoms with van der Waals surface area (Å²) in [5.41, 5.74) is 8.36. The summed E-state index contributed by atoms with van der Waals surface area (Å²) in [6.45, 7) is 4.06. The predicted octanol–water partition coefficient (Wildman–Crippen LogP) is 2.94. The van der Waals surface area contributed by atoms with Crippen LogP contribution in [0.15, 0.2) is 46.9 Å². The summed E-state index contributed by atoms with van der Waals surface area (Å²) in [4.78, 5) is 23.7. The number of anilines is 1. The van der Waals surface area contributed by atoms with Crippen LogP contribution in [0, 0.1) is 13.8 Å². The fourth-order valence-electron chi connectivity index (χ4n) is 2.03. The third-order valence-corrected chi connectivity index (χ3v) is 3.77. The first kappa shape index (κ1) is 17.0. The van der Waals surface area contributed by atoms with Gasteiger partial charge in [-0.15, -0.1) is 0 Å². The number of aryl methyl sites for hydroxylation is 2. The van der Waals surface area contributed by atoms with Crippen molar-refractivity contribution in [1.29, 1.82) is 0 Å². The Hall–Kier alpha value is -2.34. The molecule has 2 aromatic rings. The summed E-state index contributed by atoms with van der Waals surface area (Å²) in [7, 11) is 0.